The Kier molecular flexibility index (Phi) is 2.44. The summed E-state index contributed by atoms with van der Waals surface area (Å²) in [6, 6.07) is 9.16. The van der Waals surface area contributed by atoms with Crippen LogP contribution in [-0.2, 0) is 7.05 Å². The molecule has 4 nitrogen and oxygen atoms in total. The van der Waals surface area contributed by atoms with E-state index in [1.807, 2.05) is 18.2 Å². The van der Waals surface area contributed by atoms with Crippen LogP contribution in [0.5, 0.6) is 0 Å². The van der Waals surface area contributed by atoms with Gasteiger partial charge in [-0.15, -0.1) is 0 Å². The highest BCUT2D eigenvalue weighted by atomic mass is 16.2. The Balaban J connectivity index is 2.20. The summed E-state index contributed by atoms with van der Waals surface area (Å²) >= 11 is 0. The number of pyridine rings is 1. The molecule has 0 unspecified atom stereocenters. The Morgan fingerprint density at radius 3 is 2.61 bits per heavy atom. The number of likely N-dealkylation sites (tertiary alicyclic amines) is 1. The van der Waals surface area contributed by atoms with Crippen molar-refractivity contribution < 1.29 is 4.79 Å². The highest BCUT2D eigenvalue weighted by Crippen LogP contribution is 2.15. The number of carbonyl (C=O) groups is 1. The fourth-order valence-electron chi connectivity index (χ4n) is 2.24. The summed E-state index contributed by atoms with van der Waals surface area (Å²) in [5.74, 6) is -0.0494. The molecule has 3 rings (SSSR count). The molecule has 0 atom stereocenters. The lowest BCUT2D eigenvalue weighted by Gasteiger charge is -2.31. The van der Waals surface area contributed by atoms with Crippen molar-refractivity contribution in [3.63, 3.8) is 0 Å². The molecule has 0 N–H and O–H groups in total. The Morgan fingerprint density at radius 1 is 1.22 bits per heavy atom. The molecule has 1 saturated heterocycles. The van der Waals surface area contributed by atoms with Crippen LogP contribution < -0.4 is 5.56 Å². The second-order valence-electron chi connectivity index (χ2n) is 4.63. The number of carbonyl (C=O) groups excluding carboxylic acids is 1. The van der Waals surface area contributed by atoms with Gasteiger partial charge in [-0.2, -0.15) is 0 Å². The van der Waals surface area contributed by atoms with E-state index in [1.54, 1.807) is 24.1 Å². The minimum Gasteiger partial charge on any atom is -0.337 e. The topological polar surface area (TPSA) is 42.3 Å². The molecule has 0 saturated carbocycles. The maximum absolute atomic E-state index is 12.2. The smallest absolute Gasteiger partial charge is 0.270 e. The number of rotatable bonds is 1. The largest absolute Gasteiger partial charge is 0.337 e. The molecule has 92 valence electrons. The third kappa shape index (κ3) is 1.53. The molecule has 0 radical (unpaired) electrons. The number of nitrogens with zero attached hydrogens (tertiary/aromatic N) is 2. The molecule has 0 bridgehead atoms. The van der Waals surface area contributed by atoms with E-state index in [2.05, 4.69) is 0 Å². The molecular formula is C14H14N2O2. The van der Waals surface area contributed by atoms with Gasteiger partial charge in [-0.05, 0) is 23.9 Å². The van der Waals surface area contributed by atoms with Crippen LogP contribution in [0, 0.1) is 0 Å². The summed E-state index contributed by atoms with van der Waals surface area (Å²) in [6.45, 7) is 1.58. The predicted molar refractivity (Wildman–Crippen MR) is 69.7 cm³/mol. The van der Waals surface area contributed by atoms with Crippen molar-refractivity contribution in [3.8, 4) is 0 Å². The van der Waals surface area contributed by atoms with Crippen LogP contribution in [0.2, 0.25) is 0 Å². The van der Waals surface area contributed by atoms with Gasteiger partial charge in [0, 0.05) is 25.5 Å². The zero-order valence-corrected chi connectivity index (χ0v) is 10.2. The van der Waals surface area contributed by atoms with Crippen LogP contribution in [0.3, 0.4) is 0 Å². The zero-order chi connectivity index (χ0) is 12.7. The lowest BCUT2D eigenvalue weighted by Crippen LogP contribution is -2.43. The van der Waals surface area contributed by atoms with Gasteiger partial charge in [-0.25, -0.2) is 0 Å². The van der Waals surface area contributed by atoms with Gasteiger partial charge >= 0.3 is 0 Å². The summed E-state index contributed by atoms with van der Waals surface area (Å²) in [5, 5.41) is 1.48. The molecule has 1 fully saturated rings. The molecule has 1 aliphatic rings. The monoisotopic (exact) mass is 242 g/mol. The predicted octanol–water partition coefficient (Wildman–Crippen LogP) is 1.38. The highest BCUT2D eigenvalue weighted by Gasteiger charge is 2.24. The van der Waals surface area contributed by atoms with Crippen LogP contribution in [0.4, 0.5) is 0 Å². The Morgan fingerprint density at radius 2 is 1.94 bits per heavy atom. The molecule has 2 heterocycles. The molecule has 1 amide bonds. The van der Waals surface area contributed by atoms with Gasteiger partial charge in [0.25, 0.3) is 11.5 Å². The molecule has 1 aliphatic heterocycles. The van der Waals surface area contributed by atoms with E-state index in [0.717, 1.165) is 24.9 Å². The van der Waals surface area contributed by atoms with Crippen molar-refractivity contribution in [2.75, 3.05) is 13.1 Å². The van der Waals surface area contributed by atoms with E-state index < -0.39 is 0 Å². The standard InChI is InChI=1S/C14H14N2O2/c1-15-12(14(18)16-7-4-8-16)9-10-5-2-3-6-11(10)13(15)17/h2-3,5-6,9H,4,7-8H2,1H3. The normalized spacial score (nSPS) is 14.6. The quantitative estimate of drug-likeness (QED) is 0.758. The molecule has 0 aliphatic carbocycles. The first-order valence-corrected chi connectivity index (χ1v) is 6.06. The number of fused-ring (bicyclic) bond motifs is 1. The molecule has 18 heavy (non-hydrogen) atoms. The third-order valence-corrected chi connectivity index (χ3v) is 3.51. The average Bonchev–Trinajstić information content (AvgIpc) is 2.31. The number of benzene rings is 1. The van der Waals surface area contributed by atoms with Gasteiger partial charge in [-0.3, -0.25) is 9.59 Å². The highest BCUT2D eigenvalue weighted by molar-refractivity contribution is 5.97. The summed E-state index contributed by atoms with van der Waals surface area (Å²) in [5.41, 5.74) is 0.357. The van der Waals surface area contributed by atoms with Gasteiger partial charge in [-0.1, -0.05) is 18.2 Å². The summed E-state index contributed by atoms with van der Waals surface area (Å²) in [6.07, 6.45) is 1.05. The average molecular weight is 242 g/mol. The van der Waals surface area contributed by atoms with E-state index >= 15 is 0 Å². The summed E-state index contributed by atoms with van der Waals surface area (Å²) in [7, 11) is 1.65. The second-order valence-corrected chi connectivity index (χ2v) is 4.63. The molecule has 1 aromatic carbocycles. The molecular weight excluding hydrogens is 228 g/mol. The third-order valence-electron chi connectivity index (χ3n) is 3.51. The van der Waals surface area contributed by atoms with Gasteiger partial charge in [0.05, 0.1) is 0 Å². The molecule has 2 aromatic rings. The summed E-state index contributed by atoms with van der Waals surface area (Å²) < 4.78 is 1.45. The van der Waals surface area contributed by atoms with E-state index in [0.29, 0.717) is 11.1 Å². The van der Waals surface area contributed by atoms with E-state index in [9.17, 15) is 9.59 Å². The molecule has 4 heteroatoms. The minimum absolute atomic E-state index is 0.0494. The van der Waals surface area contributed by atoms with Crippen LogP contribution in [0.25, 0.3) is 10.8 Å². The minimum atomic E-state index is -0.114. The van der Waals surface area contributed by atoms with Crippen molar-refractivity contribution in [3.05, 3.63) is 46.4 Å². The van der Waals surface area contributed by atoms with Crippen LogP contribution in [0.15, 0.2) is 35.1 Å². The van der Waals surface area contributed by atoms with Crippen molar-refractivity contribution in [2.45, 2.75) is 6.42 Å². The van der Waals surface area contributed by atoms with Crippen molar-refractivity contribution >= 4 is 16.7 Å². The van der Waals surface area contributed by atoms with Crippen molar-refractivity contribution in [1.29, 1.82) is 0 Å². The second kappa shape index (κ2) is 3.98. The lowest BCUT2D eigenvalue weighted by atomic mass is 10.1. The van der Waals surface area contributed by atoms with Gasteiger partial charge in [0.15, 0.2) is 0 Å². The van der Waals surface area contributed by atoms with E-state index in [-0.39, 0.29) is 11.5 Å². The maximum Gasteiger partial charge on any atom is 0.270 e. The number of hydrogen-bond donors (Lipinski definition) is 0. The zero-order valence-electron chi connectivity index (χ0n) is 10.2. The van der Waals surface area contributed by atoms with Crippen molar-refractivity contribution in [1.82, 2.24) is 9.47 Å². The summed E-state index contributed by atoms with van der Waals surface area (Å²) in [4.78, 5) is 26.2. The first-order valence-electron chi connectivity index (χ1n) is 6.06. The Bertz CT molecular complexity index is 684. The first kappa shape index (κ1) is 11.0. The van der Waals surface area contributed by atoms with Gasteiger partial charge in [0.2, 0.25) is 0 Å². The van der Waals surface area contributed by atoms with E-state index in [4.69, 9.17) is 0 Å². The number of aromatic nitrogens is 1. The maximum atomic E-state index is 12.2. The van der Waals surface area contributed by atoms with Crippen molar-refractivity contribution in [2.24, 2.45) is 7.05 Å². The van der Waals surface area contributed by atoms with Crippen LogP contribution in [-0.4, -0.2) is 28.5 Å². The van der Waals surface area contributed by atoms with Gasteiger partial charge < -0.3 is 9.47 Å². The number of amides is 1. The lowest BCUT2D eigenvalue weighted by molar-refractivity contribution is 0.0640. The van der Waals surface area contributed by atoms with E-state index in [1.165, 1.54) is 4.57 Å². The fourth-order valence-corrected chi connectivity index (χ4v) is 2.24. The van der Waals surface area contributed by atoms with Crippen LogP contribution in [0.1, 0.15) is 16.9 Å². The fraction of sp³-hybridized carbons (Fsp3) is 0.286. The molecule has 0 spiro atoms. The Labute approximate surface area is 104 Å². The SMILES string of the molecule is Cn1c(C(=O)N2CCC2)cc2ccccc2c1=O. The first-order chi connectivity index (χ1) is 8.68. The molecule has 1 aromatic heterocycles. The van der Waals surface area contributed by atoms with Crippen LogP contribution >= 0.6 is 0 Å². The number of hydrogen-bond acceptors (Lipinski definition) is 2. The Hall–Kier alpha value is -2.10. The van der Waals surface area contributed by atoms with Gasteiger partial charge in [0.1, 0.15) is 5.69 Å².